The van der Waals surface area contributed by atoms with Gasteiger partial charge in [-0.15, -0.1) is 0 Å². The molecule has 106 valence electrons. The standard InChI is InChI=1S/C16H26N2O/c1-11(2)14-8-15(9-14)18-10-13-6-5-7-17-16(13)19-12(3)4/h5-7,11-12,14-15,18H,8-10H2,1-4H3. The predicted octanol–water partition coefficient (Wildman–Crippen LogP) is 3.39. The fraction of sp³-hybridized carbons (Fsp3) is 0.688. The molecule has 0 saturated heterocycles. The lowest BCUT2D eigenvalue weighted by Crippen LogP contribution is -2.42. The Morgan fingerprint density at radius 2 is 2.05 bits per heavy atom. The van der Waals surface area contributed by atoms with Crippen LogP contribution in [-0.2, 0) is 6.54 Å². The zero-order valence-corrected chi connectivity index (χ0v) is 12.5. The van der Waals surface area contributed by atoms with E-state index in [1.54, 1.807) is 6.20 Å². The van der Waals surface area contributed by atoms with Gasteiger partial charge in [0, 0.05) is 24.3 Å². The summed E-state index contributed by atoms with van der Waals surface area (Å²) in [6.07, 6.45) is 4.57. The Balaban J connectivity index is 1.83. The fourth-order valence-electron chi connectivity index (χ4n) is 2.52. The quantitative estimate of drug-likeness (QED) is 0.853. The summed E-state index contributed by atoms with van der Waals surface area (Å²) in [5.41, 5.74) is 1.16. The Hall–Kier alpha value is -1.09. The number of nitrogens with one attached hydrogen (secondary N) is 1. The van der Waals surface area contributed by atoms with Crippen molar-refractivity contribution in [3.05, 3.63) is 23.9 Å². The number of aromatic nitrogens is 1. The van der Waals surface area contributed by atoms with Crippen molar-refractivity contribution in [2.24, 2.45) is 11.8 Å². The van der Waals surface area contributed by atoms with Crippen molar-refractivity contribution < 1.29 is 4.74 Å². The topological polar surface area (TPSA) is 34.1 Å². The van der Waals surface area contributed by atoms with E-state index >= 15 is 0 Å². The average molecular weight is 262 g/mol. The first-order chi connectivity index (χ1) is 9.06. The van der Waals surface area contributed by atoms with Gasteiger partial charge in [0.15, 0.2) is 0 Å². The lowest BCUT2D eigenvalue weighted by Gasteiger charge is -2.38. The first kappa shape index (κ1) is 14.3. The van der Waals surface area contributed by atoms with Gasteiger partial charge in [0.05, 0.1) is 6.10 Å². The maximum absolute atomic E-state index is 5.74. The molecule has 1 aromatic rings. The highest BCUT2D eigenvalue weighted by atomic mass is 16.5. The van der Waals surface area contributed by atoms with Crippen LogP contribution in [0.4, 0.5) is 0 Å². The van der Waals surface area contributed by atoms with Gasteiger partial charge in [-0.05, 0) is 44.6 Å². The summed E-state index contributed by atoms with van der Waals surface area (Å²) in [5, 5.41) is 3.61. The molecule has 1 heterocycles. The zero-order valence-electron chi connectivity index (χ0n) is 12.5. The number of hydrogen-bond donors (Lipinski definition) is 1. The van der Waals surface area contributed by atoms with Crippen LogP contribution in [0.5, 0.6) is 5.88 Å². The first-order valence-electron chi connectivity index (χ1n) is 7.40. The zero-order chi connectivity index (χ0) is 13.8. The van der Waals surface area contributed by atoms with E-state index < -0.39 is 0 Å². The molecule has 0 bridgehead atoms. The lowest BCUT2D eigenvalue weighted by atomic mass is 9.73. The highest BCUT2D eigenvalue weighted by molar-refractivity contribution is 5.25. The van der Waals surface area contributed by atoms with Crippen molar-refractivity contribution in [2.45, 2.75) is 59.2 Å². The van der Waals surface area contributed by atoms with Crippen molar-refractivity contribution in [3.63, 3.8) is 0 Å². The normalized spacial score (nSPS) is 22.6. The summed E-state index contributed by atoms with van der Waals surface area (Å²) in [5.74, 6) is 2.48. The number of ether oxygens (including phenoxy) is 1. The van der Waals surface area contributed by atoms with Crippen LogP contribution in [-0.4, -0.2) is 17.1 Å². The minimum absolute atomic E-state index is 0.169. The molecular weight excluding hydrogens is 236 g/mol. The molecule has 0 atom stereocenters. The summed E-state index contributed by atoms with van der Waals surface area (Å²) < 4.78 is 5.74. The van der Waals surface area contributed by atoms with E-state index in [4.69, 9.17) is 4.74 Å². The van der Waals surface area contributed by atoms with Crippen molar-refractivity contribution in [3.8, 4) is 5.88 Å². The van der Waals surface area contributed by atoms with Crippen molar-refractivity contribution >= 4 is 0 Å². The van der Waals surface area contributed by atoms with E-state index in [-0.39, 0.29) is 6.10 Å². The van der Waals surface area contributed by atoms with Gasteiger partial charge >= 0.3 is 0 Å². The molecule has 0 aliphatic heterocycles. The van der Waals surface area contributed by atoms with E-state index in [0.717, 1.165) is 29.8 Å². The third-order valence-corrected chi connectivity index (χ3v) is 3.90. The van der Waals surface area contributed by atoms with Crippen molar-refractivity contribution in [2.75, 3.05) is 0 Å². The van der Waals surface area contributed by atoms with E-state index in [1.807, 2.05) is 19.9 Å². The molecule has 1 aliphatic carbocycles. The molecule has 3 nitrogen and oxygen atoms in total. The van der Waals surface area contributed by atoms with Crippen LogP contribution in [0.25, 0.3) is 0 Å². The van der Waals surface area contributed by atoms with E-state index in [1.165, 1.54) is 12.8 Å². The second kappa shape index (κ2) is 6.38. The fourth-order valence-corrected chi connectivity index (χ4v) is 2.52. The van der Waals surface area contributed by atoms with Crippen molar-refractivity contribution in [1.82, 2.24) is 10.3 Å². The summed E-state index contributed by atoms with van der Waals surface area (Å²) in [6, 6.07) is 4.73. The minimum Gasteiger partial charge on any atom is -0.475 e. The molecule has 1 aliphatic rings. The first-order valence-corrected chi connectivity index (χ1v) is 7.40. The molecule has 0 spiro atoms. The molecule has 1 fully saturated rings. The maximum Gasteiger partial charge on any atom is 0.218 e. The van der Waals surface area contributed by atoms with Crippen molar-refractivity contribution in [1.29, 1.82) is 0 Å². The molecule has 3 heteroatoms. The predicted molar refractivity (Wildman–Crippen MR) is 78.2 cm³/mol. The molecule has 1 saturated carbocycles. The Morgan fingerprint density at radius 1 is 1.32 bits per heavy atom. The highest BCUT2D eigenvalue weighted by Gasteiger charge is 2.30. The number of rotatable bonds is 6. The smallest absolute Gasteiger partial charge is 0.218 e. The minimum atomic E-state index is 0.169. The maximum atomic E-state index is 5.74. The van der Waals surface area contributed by atoms with Gasteiger partial charge in [-0.25, -0.2) is 4.98 Å². The Kier molecular flexibility index (Phi) is 4.81. The molecule has 1 N–H and O–H groups in total. The van der Waals surface area contributed by atoms with Gasteiger partial charge < -0.3 is 10.1 Å². The van der Waals surface area contributed by atoms with Crippen LogP contribution in [0.1, 0.15) is 46.1 Å². The van der Waals surface area contributed by atoms with Gasteiger partial charge in [0.25, 0.3) is 0 Å². The van der Waals surface area contributed by atoms with E-state index in [2.05, 4.69) is 30.2 Å². The third-order valence-electron chi connectivity index (χ3n) is 3.90. The largest absolute Gasteiger partial charge is 0.475 e. The summed E-state index contributed by atoms with van der Waals surface area (Å²) in [4.78, 5) is 4.32. The summed E-state index contributed by atoms with van der Waals surface area (Å²) in [6.45, 7) is 9.55. The molecule has 0 unspecified atom stereocenters. The highest BCUT2D eigenvalue weighted by Crippen LogP contribution is 2.33. The number of hydrogen-bond acceptors (Lipinski definition) is 3. The molecule has 0 amide bonds. The van der Waals surface area contributed by atoms with Gasteiger partial charge in [-0.3, -0.25) is 0 Å². The molecule has 1 aromatic heterocycles. The third kappa shape index (κ3) is 3.93. The van der Waals surface area contributed by atoms with E-state index in [0.29, 0.717) is 6.04 Å². The second-order valence-corrected chi connectivity index (χ2v) is 6.19. The lowest BCUT2D eigenvalue weighted by molar-refractivity contribution is 0.166. The van der Waals surface area contributed by atoms with Crippen LogP contribution < -0.4 is 10.1 Å². The Bertz CT molecular complexity index is 397. The number of nitrogens with zero attached hydrogens (tertiary/aromatic N) is 1. The Morgan fingerprint density at radius 3 is 2.68 bits per heavy atom. The molecule has 0 aromatic carbocycles. The van der Waals surface area contributed by atoms with Crippen LogP contribution in [0.15, 0.2) is 18.3 Å². The van der Waals surface area contributed by atoms with Gasteiger partial charge in [0.2, 0.25) is 5.88 Å². The van der Waals surface area contributed by atoms with Crippen LogP contribution in [0, 0.1) is 11.8 Å². The Labute approximate surface area is 116 Å². The molecule has 0 radical (unpaired) electrons. The van der Waals surface area contributed by atoms with Gasteiger partial charge in [-0.2, -0.15) is 0 Å². The molecular formula is C16H26N2O. The average Bonchev–Trinajstić information content (AvgIpc) is 2.27. The monoisotopic (exact) mass is 262 g/mol. The summed E-state index contributed by atoms with van der Waals surface area (Å²) in [7, 11) is 0. The van der Waals surface area contributed by atoms with Crippen LogP contribution >= 0.6 is 0 Å². The molecule has 19 heavy (non-hydrogen) atoms. The molecule has 2 rings (SSSR count). The second-order valence-electron chi connectivity index (χ2n) is 6.19. The SMILES string of the molecule is CC(C)Oc1ncccc1CNC1CC(C(C)C)C1. The van der Waals surface area contributed by atoms with E-state index in [9.17, 15) is 0 Å². The van der Waals surface area contributed by atoms with Gasteiger partial charge in [0.1, 0.15) is 0 Å². The van der Waals surface area contributed by atoms with Crippen LogP contribution in [0.3, 0.4) is 0 Å². The number of pyridine rings is 1. The van der Waals surface area contributed by atoms with Gasteiger partial charge in [-0.1, -0.05) is 19.9 Å². The van der Waals surface area contributed by atoms with Crippen LogP contribution in [0.2, 0.25) is 0 Å². The summed E-state index contributed by atoms with van der Waals surface area (Å²) >= 11 is 0.